The summed E-state index contributed by atoms with van der Waals surface area (Å²) in [6.07, 6.45) is 0. The first-order valence-corrected chi connectivity index (χ1v) is 10.4. The SMILES string of the molecule is CC(C)(C)c1nnc2n1N[C@@H](c1ccc(Cl)cc1)[C@@H](C(=O)c1ccc(F)cc1)S2. The normalized spacial score (nSPS) is 18.8. The van der Waals surface area contributed by atoms with Gasteiger partial charge >= 0.3 is 0 Å². The Morgan fingerprint density at radius 3 is 2.38 bits per heavy atom. The van der Waals surface area contributed by atoms with Crippen molar-refractivity contribution in [3.8, 4) is 0 Å². The third kappa shape index (κ3) is 3.89. The van der Waals surface area contributed by atoms with Crippen molar-refractivity contribution in [1.82, 2.24) is 14.9 Å². The van der Waals surface area contributed by atoms with E-state index in [-0.39, 0.29) is 23.1 Å². The highest BCUT2D eigenvalue weighted by Gasteiger charge is 2.39. The zero-order valence-electron chi connectivity index (χ0n) is 16.2. The number of thioether (sulfide) groups is 1. The Balaban J connectivity index is 1.77. The maximum atomic E-state index is 13.3. The van der Waals surface area contributed by atoms with Gasteiger partial charge in [0, 0.05) is 16.0 Å². The molecule has 3 aromatic rings. The molecular weight excluding hydrogens is 411 g/mol. The third-order valence-corrected chi connectivity index (χ3v) is 6.19. The van der Waals surface area contributed by atoms with Gasteiger partial charge in [0.2, 0.25) is 5.16 Å². The quantitative estimate of drug-likeness (QED) is 0.592. The Kier molecular flexibility index (Phi) is 5.12. The number of carbonyl (C=O) groups is 1. The Morgan fingerprint density at radius 2 is 1.76 bits per heavy atom. The van der Waals surface area contributed by atoms with Gasteiger partial charge in [0.05, 0.1) is 6.04 Å². The summed E-state index contributed by atoms with van der Waals surface area (Å²) in [5, 5.41) is 9.38. The molecule has 0 fully saturated rings. The lowest BCUT2D eigenvalue weighted by atomic mass is 9.95. The molecular formula is C21H20ClFN4OS. The third-order valence-electron chi connectivity index (χ3n) is 4.72. The van der Waals surface area contributed by atoms with Gasteiger partial charge in [-0.15, -0.1) is 10.2 Å². The molecule has 1 aromatic heterocycles. The van der Waals surface area contributed by atoms with Gasteiger partial charge in [-0.3, -0.25) is 4.79 Å². The number of benzene rings is 2. The standard InChI is InChI=1S/C21H20ClFN4OS/c1-21(2,3)19-24-25-20-27(19)26-16(12-4-8-14(22)9-5-12)18(29-20)17(28)13-6-10-15(23)11-7-13/h4-11,16,18,26H,1-3H3/t16-,18-/m0/s1. The van der Waals surface area contributed by atoms with E-state index in [0.717, 1.165) is 11.4 Å². The zero-order chi connectivity index (χ0) is 20.8. The van der Waals surface area contributed by atoms with Crippen LogP contribution in [0.3, 0.4) is 0 Å². The van der Waals surface area contributed by atoms with E-state index >= 15 is 0 Å². The fourth-order valence-electron chi connectivity index (χ4n) is 3.24. The topological polar surface area (TPSA) is 59.8 Å². The molecule has 2 aromatic carbocycles. The molecule has 2 heterocycles. The summed E-state index contributed by atoms with van der Waals surface area (Å²) in [4.78, 5) is 13.3. The Morgan fingerprint density at radius 1 is 1.10 bits per heavy atom. The zero-order valence-corrected chi connectivity index (χ0v) is 17.8. The number of nitrogens with zero attached hydrogens (tertiary/aromatic N) is 3. The van der Waals surface area contributed by atoms with Crippen molar-refractivity contribution in [2.45, 2.75) is 42.6 Å². The van der Waals surface area contributed by atoms with Gasteiger partial charge in [0.15, 0.2) is 11.6 Å². The number of aromatic nitrogens is 3. The monoisotopic (exact) mass is 430 g/mol. The molecule has 0 unspecified atom stereocenters. The van der Waals surface area contributed by atoms with Crippen molar-refractivity contribution in [3.63, 3.8) is 0 Å². The number of hydrogen-bond donors (Lipinski definition) is 1. The van der Waals surface area contributed by atoms with Crippen molar-refractivity contribution < 1.29 is 9.18 Å². The minimum Gasteiger partial charge on any atom is -0.313 e. The minimum atomic E-state index is -0.494. The number of carbonyl (C=O) groups excluding carboxylic acids is 1. The molecule has 4 rings (SSSR count). The van der Waals surface area contributed by atoms with Crippen LogP contribution in [0.2, 0.25) is 5.02 Å². The molecule has 0 aliphatic carbocycles. The van der Waals surface area contributed by atoms with Crippen LogP contribution in [0.25, 0.3) is 0 Å². The molecule has 1 aliphatic heterocycles. The smallest absolute Gasteiger partial charge is 0.210 e. The highest BCUT2D eigenvalue weighted by Crippen LogP contribution is 2.40. The molecule has 2 atom stereocenters. The molecule has 1 N–H and O–H groups in total. The lowest BCUT2D eigenvalue weighted by molar-refractivity contribution is 0.0980. The van der Waals surface area contributed by atoms with E-state index in [1.165, 1.54) is 36.0 Å². The number of fused-ring (bicyclic) bond motifs is 1. The number of hydrogen-bond acceptors (Lipinski definition) is 5. The van der Waals surface area contributed by atoms with Crippen LogP contribution in [-0.2, 0) is 5.41 Å². The van der Waals surface area contributed by atoms with Gasteiger partial charge < -0.3 is 5.43 Å². The summed E-state index contributed by atoms with van der Waals surface area (Å²) in [5.41, 5.74) is 4.58. The maximum Gasteiger partial charge on any atom is 0.210 e. The second-order valence-electron chi connectivity index (χ2n) is 7.96. The molecule has 29 heavy (non-hydrogen) atoms. The molecule has 0 saturated heterocycles. The first-order valence-electron chi connectivity index (χ1n) is 9.18. The van der Waals surface area contributed by atoms with Gasteiger partial charge in [0.1, 0.15) is 11.1 Å². The minimum absolute atomic E-state index is 0.103. The summed E-state index contributed by atoms with van der Waals surface area (Å²) < 4.78 is 15.2. The second-order valence-corrected chi connectivity index (χ2v) is 9.50. The van der Waals surface area contributed by atoms with Crippen LogP contribution in [0.1, 0.15) is 48.6 Å². The Bertz CT molecular complexity index is 1040. The van der Waals surface area contributed by atoms with Gasteiger partial charge in [-0.1, -0.05) is 56.3 Å². The van der Waals surface area contributed by atoms with Crippen LogP contribution in [0, 0.1) is 5.82 Å². The van der Waals surface area contributed by atoms with Crippen molar-refractivity contribution in [3.05, 3.63) is 76.3 Å². The van der Waals surface area contributed by atoms with Crippen LogP contribution in [0.15, 0.2) is 53.7 Å². The number of nitrogens with one attached hydrogen (secondary N) is 1. The number of rotatable bonds is 3. The summed E-state index contributed by atoms with van der Waals surface area (Å²) in [5.74, 6) is 0.306. The maximum absolute atomic E-state index is 13.3. The van der Waals surface area contributed by atoms with Crippen LogP contribution in [-0.4, -0.2) is 25.9 Å². The van der Waals surface area contributed by atoms with Crippen molar-refractivity contribution in [2.24, 2.45) is 0 Å². The highest BCUT2D eigenvalue weighted by molar-refractivity contribution is 8.00. The van der Waals surface area contributed by atoms with Crippen LogP contribution in [0.5, 0.6) is 0 Å². The summed E-state index contributed by atoms with van der Waals surface area (Å²) in [6, 6.07) is 12.7. The average molecular weight is 431 g/mol. The Labute approximate surface area is 177 Å². The van der Waals surface area contributed by atoms with Crippen LogP contribution >= 0.6 is 23.4 Å². The summed E-state index contributed by atoms with van der Waals surface area (Å²) in [6.45, 7) is 6.18. The lowest BCUT2D eigenvalue weighted by Crippen LogP contribution is -2.40. The highest BCUT2D eigenvalue weighted by atomic mass is 35.5. The fourth-order valence-corrected chi connectivity index (χ4v) is 4.52. The predicted octanol–water partition coefficient (Wildman–Crippen LogP) is 5.01. The summed E-state index contributed by atoms with van der Waals surface area (Å²) >= 11 is 7.41. The van der Waals surface area contributed by atoms with E-state index in [4.69, 9.17) is 11.6 Å². The van der Waals surface area contributed by atoms with E-state index in [1.807, 2.05) is 16.8 Å². The van der Waals surface area contributed by atoms with E-state index in [2.05, 4.69) is 36.4 Å². The van der Waals surface area contributed by atoms with Crippen molar-refractivity contribution >= 4 is 29.1 Å². The van der Waals surface area contributed by atoms with E-state index in [1.54, 1.807) is 12.1 Å². The molecule has 150 valence electrons. The first-order chi connectivity index (χ1) is 13.7. The van der Waals surface area contributed by atoms with Crippen LogP contribution < -0.4 is 5.43 Å². The number of halogens is 2. The van der Waals surface area contributed by atoms with E-state index in [0.29, 0.717) is 15.7 Å². The first kappa shape index (κ1) is 19.9. The van der Waals surface area contributed by atoms with Crippen LogP contribution in [0.4, 0.5) is 4.39 Å². The summed E-state index contributed by atoms with van der Waals surface area (Å²) in [7, 11) is 0. The molecule has 0 amide bonds. The average Bonchev–Trinajstić information content (AvgIpc) is 3.11. The number of ketones is 1. The molecule has 8 heteroatoms. The molecule has 0 bridgehead atoms. The fraction of sp³-hybridized carbons (Fsp3) is 0.286. The van der Waals surface area contributed by atoms with Gasteiger partial charge in [-0.2, -0.15) is 0 Å². The Hall–Kier alpha value is -2.38. The van der Waals surface area contributed by atoms with Crippen molar-refractivity contribution in [1.29, 1.82) is 0 Å². The van der Waals surface area contributed by atoms with E-state index < -0.39 is 5.25 Å². The van der Waals surface area contributed by atoms with Gasteiger partial charge in [-0.05, 0) is 42.0 Å². The lowest BCUT2D eigenvalue weighted by Gasteiger charge is -2.34. The molecule has 0 spiro atoms. The van der Waals surface area contributed by atoms with Gasteiger partial charge in [-0.25, -0.2) is 9.07 Å². The predicted molar refractivity (Wildman–Crippen MR) is 113 cm³/mol. The number of Topliss-reactive ketones (excluding diaryl/α,β-unsaturated/α-hetero) is 1. The largest absolute Gasteiger partial charge is 0.313 e. The molecule has 5 nitrogen and oxygen atoms in total. The molecule has 0 radical (unpaired) electrons. The molecule has 0 saturated carbocycles. The second kappa shape index (κ2) is 7.46. The van der Waals surface area contributed by atoms with Crippen molar-refractivity contribution in [2.75, 3.05) is 5.43 Å². The van der Waals surface area contributed by atoms with Gasteiger partial charge in [0.25, 0.3) is 0 Å². The molecule has 1 aliphatic rings. The van der Waals surface area contributed by atoms with E-state index in [9.17, 15) is 9.18 Å².